The Labute approximate surface area is 213 Å². The predicted molar refractivity (Wildman–Crippen MR) is 120 cm³/mol. The van der Waals surface area contributed by atoms with Gasteiger partial charge in [-0.15, -0.1) is 0 Å². The third-order valence-corrected chi connectivity index (χ3v) is 7.27. The Balaban J connectivity index is 2.10. The fourth-order valence-electron chi connectivity index (χ4n) is 5.29. The Morgan fingerprint density at radius 3 is 1.95 bits per heavy atom. The summed E-state index contributed by atoms with van der Waals surface area (Å²) in [6, 6.07) is 3.15. The van der Waals surface area contributed by atoms with Crippen LogP contribution in [0.25, 0.3) is 0 Å². The van der Waals surface area contributed by atoms with Crippen LogP contribution < -0.4 is 0 Å². The first-order valence-electron chi connectivity index (χ1n) is 11.9. The number of benzene rings is 2. The fourth-order valence-corrected chi connectivity index (χ4v) is 5.29. The molecule has 38 heavy (non-hydrogen) atoms. The van der Waals surface area contributed by atoms with Gasteiger partial charge >= 0.3 is 24.5 Å². The first-order chi connectivity index (χ1) is 17.4. The van der Waals surface area contributed by atoms with Crippen molar-refractivity contribution in [1.82, 2.24) is 4.90 Å². The summed E-state index contributed by atoms with van der Waals surface area (Å²) in [7, 11) is 0. The van der Waals surface area contributed by atoms with E-state index in [0.29, 0.717) is 23.8 Å². The van der Waals surface area contributed by atoms with Gasteiger partial charge in [0.1, 0.15) is 0 Å². The van der Waals surface area contributed by atoms with Crippen molar-refractivity contribution in [2.24, 2.45) is 11.8 Å². The third-order valence-electron chi connectivity index (χ3n) is 7.27. The van der Waals surface area contributed by atoms with Crippen molar-refractivity contribution in [3.05, 3.63) is 70.3 Å². The topological polar surface area (TPSA) is 40.5 Å². The highest BCUT2D eigenvalue weighted by Crippen LogP contribution is 2.46. The van der Waals surface area contributed by atoms with Crippen LogP contribution in [0.3, 0.4) is 0 Å². The lowest BCUT2D eigenvalue weighted by atomic mass is 9.77. The second-order valence-electron chi connectivity index (χ2n) is 9.48. The van der Waals surface area contributed by atoms with Crippen molar-refractivity contribution in [2.75, 3.05) is 6.54 Å². The first kappa shape index (κ1) is 29.8. The number of alkyl halides is 9. The molecule has 0 aliphatic carbocycles. The zero-order valence-corrected chi connectivity index (χ0v) is 20.4. The van der Waals surface area contributed by atoms with Gasteiger partial charge in [-0.3, -0.25) is 9.69 Å². The minimum absolute atomic E-state index is 0.0366. The van der Waals surface area contributed by atoms with Gasteiger partial charge in [0.05, 0.1) is 22.6 Å². The van der Waals surface area contributed by atoms with E-state index in [4.69, 9.17) is 0 Å². The molecule has 0 aromatic heterocycles. The van der Waals surface area contributed by atoms with Crippen LogP contribution in [-0.2, 0) is 23.3 Å². The normalized spacial score (nSPS) is 21.2. The average molecular weight is 555 g/mol. The van der Waals surface area contributed by atoms with Crippen molar-refractivity contribution in [3.63, 3.8) is 0 Å². The van der Waals surface area contributed by atoms with Gasteiger partial charge in [0.2, 0.25) is 0 Å². The number of carboxylic acids is 1. The molecule has 2 aromatic carbocycles. The Morgan fingerprint density at radius 2 is 1.47 bits per heavy atom. The molecule has 2 aromatic rings. The molecule has 4 atom stereocenters. The van der Waals surface area contributed by atoms with E-state index in [1.807, 2.05) is 0 Å². The Kier molecular flexibility index (Phi) is 8.45. The molecule has 12 heteroatoms. The molecule has 3 rings (SSSR count). The standard InChI is InChI=1S/C26H26F9NO2/c1-3-19(23(37)38)16-10-11-36(22(12-16)15-4-6-17(7-5-15)24(27,28)29)14(2)20-13-18(25(30,31)32)8-9-21(20)26(33,34)35/h4-9,13-14,16,19,22H,3,10-12H2,1-2H3,(H,37,38)/t14-,16-,19?,22+/m1/s1. The van der Waals surface area contributed by atoms with Crippen LogP contribution in [0.2, 0.25) is 0 Å². The molecule has 0 amide bonds. The summed E-state index contributed by atoms with van der Waals surface area (Å²) in [5.74, 6) is -2.29. The monoisotopic (exact) mass is 555 g/mol. The second-order valence-corrected chi connectivity index (χ2v) is 9.48. The van der Waals surface area contributed by atoms with E-state index in [1.165, 1.54) is 24.0 Å². The van der Waals surface area contributed by atoms with Gasteiger partial charge in [0.15, 0.2) is 0 Å². The summed E-state index contributed by atoms with van der Waals surface area (Å²) < 4.78 is 121. The van der Waals surface area contributed by atoms with Crippen LogP contribution >= 0.6 is 0 Å². The fraction of sp³-hybridized carbons (Fsp3) is 0.500. The summed E-state index contributed by atoms with van der Waals surface area (Å²) >= 11 is 0. The van der Waals surface area contributed by atoms with Crippen LogP contribution in [0.15, 0.2) is 42.5 Å². The van der Waals surface area contributed by atoms with Crippen molar-refractivity contribution >= 4 is 5.97 Å². The number of hydrogen-bond donors (Lipinski definition) is 1. The number of aliphatic carboxylic acids is 1. The molecule has 1 unspecified atom stereocenters. The molecule has 0 spiro atoms. The van der Waals surface area contributed by atoms with E-state index < -0.39 is 70.7 Å². The molecule has 1 aliphatic heterocycles. The molecule has 1 N–H and O–H groups in total. The molecule has 3 nitrogen and oxygen atoms in total. The summed E-state index contributed by atoms with van der Waals surface area (Å²) in [5.41, 5.74) is -3.76. The molecule has 1 aliphatic rings. The van der Waals surface area contributed by atoms with E-state index in [1.54, 1.807) is 6.92 Å². The number of piperidine rings is 1. The number of likely N-dealkylation sites (tertiary alicyclic amines) is 1. The van der Waals surface area contributed by atoms with Crippen LogP contribution in [-0.4, -0.2) is 22.5 Å². The average Bonchev–Trinajstić information content (AvgIpc) is 2.82. The van der Waals surface area contributed by atoms with Crippen molar-refractivity contribution < 1.29 is 49.4 Å². The minimum Gasteiger partial charge on any atom is -0.481 e. The van der Waals surface area contributed by atoms with E-state index in [9.17, 15) is 49.4 Å². The van der Waals surface area contributed by atoms with Crippen LogP contribution in [0.1, 0.15) is 73.0 Å². The van der Waals surface area contributed by atoms with Crippen LogP contribution in [0.5, 0.6) is 0 Å². The third kappa shape index (κ3) is 6.44. The largest absolute Gasteiger partial charge is 0.481 e. The summed E-state index contributed by atoms with van der Waals surface area (Å²) in [4.78, 5) is 13.3. The van der Waals surface area contributed by atoms with Crippen LogP contribution in [0.4, 0.5) is 39.5 Å². The van der Waals surface area contributed by atoms with E-state index in [0.717, 1.165) is 12.1 Å². The zero-order chi connectivity index (χ0) is 28.6. The van der Waals surface area contributed by atoms with E-state index in [2.05, 4.69) is 0 Å². The summed E-state index contributed by atoms with van der Waals surface area (Å²) in [6.45, 7) is 3.02. The molecular formula is C26H26F9NO2. The number of carboxylic acid groups (broad SMARTS) is 1. The number of nitrogens with zero attached hydrogens (tertiary/aromatic N) is 1. The highest BCUT2D eigenvalue weighted by Gasteiger charge is 2.42. The lowest BCUT2D eigenvalue weighted by Crippen LogP contribution is -2.42. The Bertz CT molecular complexity index is 1120. The lowest BCUT2D eigenvalue weighted by molar-refractivity contribution is -0.145. The SMILES string of the molecule is CCC(C(=O)O)[C@@H]1CCN([C@H](C)c2cc(C(F)(F)F)ccc2C(F)(F)F)[C@H](c2ccc(C(F)(F)F)cc2)C1. The Hall–Kier alpha value is -2.76. The molecule has 0 radical (unpaired) electrons. The van der Waals surface area contributed by atoms with Gasteiger partial charge < -0.3 is 5.11 Å². The molecule has 0 saturated carbocycles. The highest BCUT2D eigenvalue weighted by molar-refractivity contribution is 5.70. The Morgan fingerprint density at radius 1 is 0.921 bits per heavy atom. The van der Waals surface area contributed by atoms with Gasteiger partial charge in [-0.2, -0.15) is 39.5 Å². The second kappa shape index (κ2) is 10.8. The number of halogens is 9. The van der Waals surface area contributed by atoms with Gasteiger partial charge in [-0.05, 0) is 80.1 Å². The van der Waals surface area contributed by atoms with E-state index in [-0.39, 0.29) is 25.8 Å². The molecule has 210 valence electrons. The van der Waals surface area contributed by atoms with E-state index >= 15 is 0 Å². The van der Waals surface area contributed by atoms with Gasteiger partial charge in [0, 0.05) is 12.1 Å². The van der Waals surface area contributed by atoms with Gasteiger partial charge in [0.25, 0.3) is 0 Å². The maximum absolute atomic E-state index is 13.8. The van der Waals surface area contributed by atoms with Crippen molar-refractivity contribution in [2.45, 2.75) is 63.7 Å². The smallest absolute Gasteiger partial charge is 0.416 e. The molecule has 0 bridgehead atoms. The molecule has 1 saturated heterocycles. The quantitative estimate of drug-likeness (QED) is 0.364. The van der Waals surface area contributed by atoms with Crippen molar-refractivity contribution in [1.29, 1.82) is 0 Å². The lowest BCUT2D eigenvalue weighted by Gasteiger charge is -2.45. The highest BCUT2D eigenvalue weighted by atomic mass is 19.4. The number of hydrogen-bond acceptors (Lipinski definition) is 2. The van der Waals surface area contributed by atoms with Gasteiger partial charge in [-0.1, -0.05) is 19.1 Å². The van der Waals surface area contributed by atoms with Crippen molar-refractivity contribution in [3.8, 4) is 0 Å². The van der Waals surface area contributed by atoms with Gasteiger partial charge in [-0.25, -0.2) is 0 Å². The molecule has 1 fully saturated rings. The molecular weight excluding hydrogens is 529 g/mol. The maximum Gasteiger partial charge on any atom is 0.416 e. The molecule has 1 heterocycles. The minimum atomic E-state index is -4.95. The first-order valence-corrected chi connectivity index (χ1v) is 11.9. The maximum atomic E-state index is 13.8. The zero-order valence-electron chi connectivity index (χ0n) is 20.4. The summed E-state index contributed by atoms with van der Waals surface area (Å²) in [6.07, 6.45) is -13.9. The van der Waals surface area contributed by atoms with Crippen LogP contribution in [0, 0.1) is 11.8 Å². The number of rotatable bonds is 6. The number of carbonyl (C=O) groups is 1. The summed E-state index contributed by atoms with van der Waals surface area (Å²) in [5, 5.41) is 9.62. The predicted octanol–water partition coefficient (Wildman–Crippen LogP) is 8.37.